The van der Waals surface area contributed by atoms with Crippen molar-refractivity contribution in [3.63, 3.8) is 0 Å². The summed E-state index contributed by atoms with van der Waals surface area (Å²) in [6.07, 6.45) is 0. The fourth-order valence-corrected chi connectivity index (χ4v) is 3.78. The van der Waals surface area contributed by atoms with Crippen LogP contribution in [0.5, 0.6) is 0 Å². The number of nitrogens with zero attached hydrogens (tertiary/aromatic N) is 2. The summed E-state index contributed by atoms with van der Waals surface area (Å²) in [4.78, 5) is 16.2. The average molecular weight is 404 g/mol. The second-order valence-electron chi connectivity index (χ2n) is 6.39. The average Bonchev–Trinajstić information content (AvgIpc) is 2.62. The Morgan fingerprint density at radius 1 is 1.19 bits per heavy atom. The highest BCUT2D eigenvalue weighted by molar-refractivity contribution is 7.80. The van der Waals surface area contributed by atoms with Gasteiger partial charge < -0.3 is 10.2 Å². The van der Waals surface area contributed by atoms with Crippen LogP contribution in [0.25, 0.3) is 0 Å². The van der Waals surface area contributed by atoms with Gasteiger partial charge in [0.05, 0.1) is 11.6 Å². The zero-order valence-corrected chi connectivity index (χ0v) is 16.7. The van der Waals surface area contributed by atoms with Crippen LogP contribution in [-0.4, -0.2) is 30.0 Å². The molecule has 1 heterocycles. The summed E-state index contributed by atoms with van der Waals surface area (Å²) >= 11 is 11.8. The van der Waals surface area contributed by atoms with Crippen LogP contribution < -0.4 is 10.2 Å². The smallest absolute Gasteiger partial charge is 0.253 e. The van der Waals surface area contributed by atoms with E-state index in [1.807, 2.05) is 30.3 Å². The van der Waals surface area contributed by atoms with Crippen molar-refractivity contribution in [3.05, 3.63) is 76.2 Å². The normalized spacial score (nSPS) is 17.0. The van der Waals surface area contributed by atoms with Gasteiger partial charge in [-0.05, 0) is 43.4 Å². The number of hydrogen-bond acceptors (Lipinski definition) is 2. The summed E-state index contributed by atoms with van der Waals surface area (Å²) in [7, 11) is 3.31. The molecule has 0 aliphatic carbocycles. The molecular weight excluding hydrogens is 385 g/mol. The molecule has 0 bridgehead atoms. The van der Waals surface area contributed by atoms with Crippen molar-refractivity contribution in [2.24, 2.45) is 0 Å². The molecule has 1 aliphatic rings. The SMILES string of the molecule is CC1=C(C(=O)N(C)C)[C@@H](c2c(F)cccc2Cl)NC(=S)N1c1ccccc1. The van der Waals surface area contributed by atoms with E-state index in [9.17, 15) is 9.18 Å². The third-order valence-corrected chi connectivity index (χ3v) is 5.05. The first kappa shape index (κ1) is 19.3. The molecule has 2 aromatic carbocycles. The fourth-order valence-electron chi connectivity index (χ4n) is 3.15. The van der Waals surface area contributed by atoms with Crippen LogP contribution in [-0.2, 0) is 4.79 Å². The Bertz CT molecular complexity index is 910. The van der Waals surface area contributed by atoms with Crippen molar-refractivity contribution >= 4 is 40.5 Å². The molecule has 1 amide bonds. The number of benzene rings is 2. The number of likely N-dealkylation sites (N-methyl/N-ethyl adjacent to an activating group) is 1. The molecule has 0 radical (unpaired) electrons. The Kier molecular flexibility index (Phi) is 5.48. The maximum atomic E-state index is 14.6. The van der Waals surface area contributed by atoms with Crippen molar-refractivity contribution < 1.29 is 9.18 Å². The Hall–Kier alpha value is -2.44. The lowest BCUT2D eigenvalue weighted by molar-refractivity contribution is -0.125. The largest absolute Gasteiger partial charge is 0.351 e. The van der Waals surface area contributed by atoms with Gasteiger partial charge in [-0.3, -0.25) is 9.69 Å². The Labute approximate surface area is 168 Å². The van der Waals surface area contributed by atoms with Crippen LogP contribution in [0.2, 0.25) is 5.02 Å². The molecule has 3 rings (SSSR count). The molecule has 4 nitrogen and oxygen atoms in total. The molecule has 27 heavy (non-hydrogen) atoms. The monoisotopic (exact) mass is 403 g/mol. The van der Waals surface area contributed by atoms with Gasteiger partial charge in [-0.15, -0.1) is 0 Å². The number of para-hydroxylation sites is 1. The molecule has 1 aliphatic heterocycles. The van der Waals surface area contributed by atoms with Crippen molar-refractivity contribution in [1.82, 2.24) is 10.2 Å². The Morgan fingerprint density at radius 2 is 1.85 bits per heavy atom. The van der Waals surface area contributed by atoms with Gasteiger partial charge in [0.15, 0.2) is 5.11 Å². The van der Waals surface area contributed by atoms with Crippen LogP contribution in [0.15, 0.2) is 59.8 Å². The van der Waals surface area contributed by atoms with Crippen LogP contribution >= 0.6 is 23.8 Å². The van der Waals surface area contributed by atoms with Gasteiger partial charge in [0, 0.05) is 36.1 Å². The van der Waals surface area contributed by atoms with Crippen LogP contribution in [0.4, 0.5) is 10.1 Å². The first-order chi connectivity index (χ1) is 12.8. The van der Waals surface area contributed by atoms with E-state index in [1.165, 1.54) is 17.0 Å². The predicted molar refractivity (Wildman–Crippen MR) is 110 cm³/mol. The molecule has 0 unspecified atom stereocenters. The number of allylic oxidation sites excluding steroid dienone is 1. The van der Waals surface area contributed by atoms with Gasteiger partial charge in [-0.25, -0.2) is 4.39 Å². The summed E-state index contributed by atoms with van der Waals surface area (Å²) in [6, 6.07) is 13.1. The molecular formula is C20H19ClFN3OS. The van der Waals surface area contributed by atoms with Crippen LogP contribution in [0.3, 0.4) is 0 Å². The summed E-state index contributed by atoms with van der Waals surface area (Å²) in [6.45, 7) is 1.80. The van der Waals surface area contributed by atoms with E-state index >= 15 is 0 Å². The lowest BCUT2D eigenvalue weighted by Gasteiger charge is -2.38. The highest BCUT2D eigenvalue weighted by atomic mass is 35.5. The lowest BCUT2D eigenvalue weighted by atomic mass is 9.93. The van der Waals surface area contributed by atoms with Crippen molar-refractivity contribution in [2.45, 2.75) is 13.0 Å². The molecule has 1 atom stereocenters. The van der Waals surface area contributed by atoms with Crippen molar-refractivity contribution in [2.75, 3.05) is 19.0 Å². The number of carbonyl (C=O) groups is 1. The summed E-state index contributed by atoms with van der Waals surface area (Å²) in [5.41, 5.74) is 2.05. The number of nitrogens with one attached hydrogen (secondary N) is 1. The van der Waals surface area contributed by atoms with Crippen LogP contribution in [0.1, 0.15) is 18.5 Å². The third-order valence-electron chi connectivity index (χ3n) is 4.42. The van der Waals surface area contributed by atoms with Gasteiger partial charge in [0.2, 0.25) is 0 Å². The molecule has 0 spiro atoms. The van der Waals surface area contributed by atoms with Gasteiger partial charge in [-0.2, -0.15) is 0 Å². The number of halogens is 2. The molecule has 0 saturated heterocycles. The van der Waals surface area contributed by atoms with Gasteiger partial charge in [0.25, 0.3) is 5.91 Å². The zero-order valence-electron chi connectivity index (χ0n) is 15.2. The van der Waals surface area contributed by atoms with E-state index in [4.69, 9.17) is 23.8 Å². The van der Waals surface area contributed by atoms with E-state index in [0.717, 1.165) is 5.69 Å². The molecule has 1 N–H and O–H groups in total. The molecule has 140 valence electrons. The van der Waals surface area contributed by atoms with Crippen molar-refractivity contribution in [1.29, 1.82) is 0 Å². The van der Waals surface area contributed by atoms with E-state index < -0.39 is 11.9 Å². The third kappa shape index (κ3) is 3.55. The number of rotatable bonds is 3. The number of carbonyl (C=O) groups excluding carboxylic acids is 1. The topological polar surface area (TPSA) is 35.6 Å². The predicted octanol–water partition coefficient (Wildman–Crippen LogP) is 4.28. The first-order valence-corrected chi connectivity index (χ1v) is 9.13. The summed E-state index contributed by atoms with van der Waals surface area (Å²) in [5.74, 6) is -0.736. The highest BCUT2D eigenvalue weighted by Crippen LogP contribution is 2.37. The molecule has 0 saturated carbocycles. The summed E-state index contributed by atoms with van der Waals surface area (Å²) < 4.78 is 14.6. The number of anilines is 1. The standard InChI is InChI=1S/C20H19ClFN3OS/c1-12-16(19(26)24(2)3)18(17-14(21)10-7-11-15(17)22)23-20(27)25(12)13-8-5-4-6-9-13/h4-11,18H,1-3H3,(H,23,27)/t18-/m0/s1. The second kappa shape index (κ2) is 7.66. The van der Waals surface area contributed by atoms with E-state index in [2.05, 4.69) is 5.32 Å². The quantitative estimate of drug-likeness (QED) is 0.776. The Morgan fingerprint density at radius 3 is 2.44 bits per heavy atom. The Balaban J connectivity index is 2.23. The first-order valence-electron chi connectivity index (χ1n) is 8.35. The van der Waals surface area contributed by atoms with E-state index in [-0.39, 0.29) is 16.5 Å². The van der Waals surface area contributed by atoms with Crippen LogP contribution in [0, 0.1) is 5.82 Å². The molecule has 7 heteroatoms. The lowest BCUT2D eigenvalue weighted by Crippen LogP contribution is -2.49. The molecule has 0 fully saturated rings. The van der Waals surface area contributed by atoms with E-state index in [0.29, 0.717) is 16.4 Å². The minimum Gasteiger partial charge on any atom is -0.351 e. The zero-order chi connectivity index (χ0) is 19.7. The van der Waals surface area contributed by atoms with Gasteiger partial charge in [-0.1, -0.05) is 35.9 Å². The van der Waals surface area contributed by atoms with Gasteiger partial charge >= 0.3 is 0 Å². The van der Waals surface area contributed by atoms with Crippen molar-refractivity contribution in [3.8, 4) is 0 Å². The maximum absolute atomic E-state index is 14.6. The maximum Gasteiger partial charge on any atom is 0.253 e. The summed E-state index contributed by atoms with van der Waals surface area (Å²) in [5, 5.41) is 3.72. The minimum absolute atomic E-state index is 0.207. The molecule has 2 aromatic rings. The van der Waals surface area contributed by atoms with E-state index in [1.54, 1.807) is 32.0 Å². The second-order valence-corrected chi connectivity index (χ2v) is 7.18. The number of amides is 1. The minimum atomic E-state index is -0.777. The highest BCUT2D eigenvalue weighted by Gasteiger charge is 2.37. The number of hydrogen-bond donors (Lipinski definition) is 1. The molecule has 0 aromatic heterocycles. The fraction of sp³-hybridized carbons (Fsp3) is 0.200. The van der Waals surface area contributed by atoms with Gasteiger partial charge in [0.1, 0.15) is 5.82 Å². The number of thiocarbonyl (C=S) groups is 1.